The predicted octanol–water partition coefficient (Wildman–Crippen LogP) is 1.56. The molecule has 0 saturated carbocycles. The predicted molar refractivity (Wildman–Crippen MR) is 53.2 cm³/mol. The maximum Gasteiger partial charge on any atom is 0.322 e. The average molecular weight is 187 g/mol. The number of nitrogens with two attached hydrogens (primary N) is 1. The van der Waals surface area contributed by atoms with E-state index in [1.54, 1.807) is 0 Å². The van der Waals surface area contributed by atoms with Crippen molar-refractivity contribution in [2.75, 3.05) is 7.11 Å². The Morgan fingerprint density at radius 1 is 1.46 bits per heavy atom. The average Bonchev–Trinajstić information content (AvgIpc) is 2.01. The van der Waals surface area contributed by atoms with Crippen molar-refractivity contribution < 1.29 is 9.53 Å². The van der Waals surface area contributed by atoms with Gasteiger partial charge in [-0.15, -0.1) is 0 Å². The molecule has 0 aliphatic carbocycles. The highest BCUT2D eigenvalue weighted by atomic mass is 16.5. The minimum atomic E-state index is -0.487. The third kappa shape index (κ3) is 4.27. The summed E-state index contributed by atoms with van der Waals surface area (Å²) in [7, 11) is 1.37. The van der Waals surface area contributed by atoms with Crippen LogP contribution in [0.2, 0.25) is 0 Å². The maximum absolute atomic E-state index is 11.0. The summed E-state index contributed by atoms with van der Waals surface area (Å²) >= 11 is 0. The summed E-state index contributed by atoms with van der Waals surface area (Å²) in [6.07, 6.45) is 0.677. The van der Waals surface area contributed by atoms with Crippen LogP contribution in [0.15, 0.2) is 0 Å². The molecule has 13 heavy (non-hydrogen) atoms. The number of carbonyl (C=O) groups excluding carboxylic acids is 1. The number of hydrogen-bond donors (Lipinski definition) is 1. The standard InChI is InChI=1S/C10H21NO2/c1-7(10(2,3)4)6-8(11)9(12)13-5/h7-8H,6,11H2,1-5H3. The first-order valence-electron chi connectivity index (χ1n) is 4.62. The normalized spacial score (nSPS) is 16.5. The van der Waals surface area contributed by atoms with Crippen molar-refractivity contribution in [3.8, 4) is 0 Å². The topological polar surface area (TPSA) is 52.3 Å². The van der Waals surface area contributed by atoms with Crippen LogP contribution < -0.4 is 5.73 Å². The van der Waals surface area contributed by atoms with Crippen LogP contribution in [0.4, 0.5) is 0 Å². The maximum atomic E-state index is 11.0. The SMILES string of the molecule is COC(=O)C(N)CC(C)C(C)(C)C. The molecule has 0 fully saturated rings. The Morgan fingerprint density at radius 3 is 2.23 bits per heavy atom. The van der Waals surface area contributed by atoms with Gasteiger partial charge in [-0.3, -0.25) is 4.79 Å². The van der Waals surface area contributed by atoms with Crippen LogP contribution >= 0.6 is 0 Å². The highest BCUT2D eigenvalue weighted by Gasteiger charge is 2.25. The molecule has 3 nitrogen and oxygen atoms in total. The molecule has 0 heterocycles. The third-order valence-electron chi connectivity index (χ3n) is 2.59. The molecule has 2 N–H and O–H groups in total. The lowest BCUT2D eigenvalue weighted by Gasteiger charge is -2.28. The summed E-state index contributed by atoms with van der Waals surface area (Å²) in [6.45, 7) is 8.52. The summed E-state index contributed by atoms with van der Waals surface area (Å²) in [5.41, 5.74) is 5.84. The number of rotatable bonds is 3. The van der Waals surface area contributed by atoms with Gasteiger partial charge in [0.15, 0.2) is 0 Å². The van der Waals surface area contributed by atoms with Crippen LogP contribution in [0.5, 0.6) is 0 Å². The molecule has 2 atom stereocenters. The number of esters is 1. The molecule has 0 aromatic rings. The molecule has 78 valence electrons. The van der Waals surface area contributed by atoms with Crippen molar-refractivity contribution in [2.24, 2.45) is 17.1 Å². The highest BCUT2D eigenvalue weighted by Crippen LogP contribution is 2.28. The van der Waals surface area contributed by atoms with Crippen molar-refractivity contribution >= 4 is 5.97 Å². The van der Waals surface area contributed by atoms with Crippen LogP contribution in [-0.2, 0) is 9.53 Å². The molecule has 0 spiro atoms. The molecular formula is C10H21NO2. The molecule has 0 aromatic carbocycles. The number of methoxy groups -OCH3 is 1. The van der Waals surface area contributed by atoms with Crippen LogP contribution in [0.25, 0.3) is 0 Å². The minimum absolute atomic E-state index is 0.186. The lowest BCUT2D eigenvalue weighted by atomic mass is 9.78. The van der Waals surface area contributed by atoms with Crippen LogP contribution in [0.3, 0.4) is 0 Å². The fraction of sp³-hybridized carbons (Fsp3) is 0.900. The highest BCUT2D eigenvalue weighted by molar-refractivity contribution is 5.75. The lowest BCUT2D eigenvalue weighted by Crippen LogP contribution is -2.35. The molecule has 2 unspecified atom stereocenters. The zero-order valence-electron chi connectivity index (χ0n) is 9.26. The van der Waals surface area contributed by atoms with Gasteiger partial charge < -0.3 is 10.5 Å². The van der Waals surface area contributed by atoms with Gasteiger partial charge in [-0.2, -0.15) is 0 Å². The van der Waals surface area contributed by atoms with E-state index in [-0.39, 0.29) is 11.4 Å². The first-order chi connectivity index (χ1) is 5.79. The summed E-state index contributed by atoms with van der Waals surface area (Å²) in [5, 5.41) is 0. The molecule has 0 rings (SSSR count). The first-order valence-corrected chi connectivity index (χ1v) is 4.62. The second-order valence-corrected chi connectivity index (χ2v) is 4.63. The summed E-state index contributed by atoms with van der Waals surface area (Å²) in [4.78, 5) is 11.0. The van der Waals surface area contributed by atoms with E-state index in [9.17, 15) is 4.79 Å². The Balaban J connectivity index is 4.06. The van der Waals surface area contributed by atoms with E-state index in [2.05, 4.69) is 32.4 Å². The van der Waals surface area contributed by atoms with E-state index in [1.165, 1.54) is 7.11 Å². The number of hydrogen-bond acceptors (Lipinski definition) is 3. The van der Waals surface area contributed by atoms with Gasteiger partial charge in [0, 0.05) is 0 Å². The fourth-order valence-corrected chi connectivity index (χ4v) is 0.982. The molecule has 0 saturated heterocycles. The van der Waals surface area contributed by atoms with Crippen molar-refractivity contribution in [1.82, 2.24) is 0 Å². The van der Waals surface area contributed by atoms with E-state index >= 15 is 0 Å². The van der Waals surface area contributed by atoms with Crippen molar-refractivity contribution in [2.45, 2.75) is 40.2 Å². The zero-order valence-corrected chi connectivity index (χ0v) is 9.26. The Labute approximate surface area is 80.6 Å². The lowest BCUT2D eigenvalue weighted by molar-refractivity contribution is -0.142. The van der Waals surface area contributed by atoms with Gasteiger partial charge in [-0.1, -0.05) is 27.7 Å². The van der Waals surface area contributed by atoms with Gasteiger partial charge in [-0.25, -0.2) is 0 Å². The van der Waals surface area contributed by atoms with Crippen molar-refractivity contribution in [3.63, 3.8) is 0 Å². The van der Waals surface area contributed by atoms with Gasteiger partial charge in [-0.05, 0) is 17.8 Å². The molecule has 0 bridgehead atoms. The van der Waals surface area contributed by atoms with Crippen LogP contribution in [0, 0.1) is 11.3 Å². The van der Waals surface area contributed by atoms with Crippen molar-refractivity contribution in [1.29, 1.82) is 0 Å². The third-order valence-corrected chi connectivity index (χ3v) is 2.59. The summed E-state index contributed by atoms with van der Waals surface area (Å²) in [6, 6.07) is -0.487. The molecular weight excluding hydrogens is 166 g/mol. The Hall–Kier alpha value is -0.570. The summed E-state index contributed by atoms with van der Waals surface area (Å²) < 4.78 is 4.56. The molecule has 0 aromatic heterocycles. The van der Waals surface area contributed by atoms with Gasteiger partial charge in [0.05, 0.1) is 7.11 Å². The minimum Gasteiger partial charge on any atom is -0.468 e. The Bertz CT molecular complexity index is 172. The molecule has 0 amide bonds. The van der Waals surface area contributed by atoms with E-state index in [0.29, 0.717) is 12.3 Å². The molecule has 0 aliphatic heterocycles. The van der Waals surface area contributed by atoms with Gasteiger partial charge >= 0.3 is 5.97 Å². The van der Waals surface area contributed by atoms with Crippen LogP contribution in [-0.4, -0.2) is 19.1 Å². The Morgan fingerprint density at radius 2 is 1.92 bits per heavy atom. The van der Waals surface area contributed by atoms with E-state index in [1.807, 2.05) is 0 Å². The van der Waals surface area contributed by atoms with Gasteiger partial charge in [0.25, 0.3) is 0 Å². The molecule has 0 aliphatic rings. The molecule has 0 radical (unpaired) electrons. The van der Waals surface area contributed by atoms with E-state index < -0.39 is 6.04 Å². The van der Waals surface area contributed by atoms with Crippen molar-refractivity contribution in [3.05, 3.63) is 0 Å². The van der Waals surface area contributed by atoms with Gasteiger partial charge in [0.1, 0.15) is 6.04 Å². The monoisotopic (exact) mass is 187 g/mol. The number of carbonyl (C=O) groups is 1. The van der Waals surface area contributed by atoms with Gasteiger partial charge in [0.2, 0.25) is 0 Å². The van der Waals surface area contributed by atoms with E-state index in [0.717, 1.165) is 0 Å². The zero-order chi connectivity index (χ0) is 10.6. The first kappa shape index (κ1) is 12.4. The van der Waals surface area contributed by atoms with Crippen LogP contribution in [0.1, 0.15) is 34.1 Å². The second-order valence-electron chi connectivity index (χ2n) is 4.63. The summed E-state index contributed by atoms with van der Waals surface area (Å²) in [5.74, 6) is 0.0812. The van der Waals surface area contributed by atoms with E-state index in [4.69, 9.17) is 5.73 Å². The number of ether oxygens (including phenoxy) is 1. The largest absolute Gasteiger partial charge is 0.468 e. The smallest absolute Gasteiger partial charge is 0.322 e. The quantitative estimate of drug-likeness (QED) is 0.682. The molecule has 3 heteroatoms. The Kier molecular flexibility index (Phi) is 4.40. The fourth-order valence-electron chi connectivity index (χ4n) is 0.982. The second kappa shape index (κ2) is 4.61.